The van der Waals surface area contributed by atoms with Crippen LogP contribution in [0.15, 0.2) is 36.0 Å². The summed E-state index contributed by atoms with van der Waals surface area (Å²) < 4.78 is 16.5. The minimum absolute atomic E-state index is 0.0967. The average Bonchev–Trinajstić information content (AvgIpc) is 3.59. The van der Waals surface area contributed by atoms with E-state index in [1.165, 1.54) is 13.0 Å². The molecule has 0 aromatic heterocycles. The summed E-state index contributed by atoms with van der Waals surface area (Å²) in [5.74, 6) is 0.864. The van der Waals surface area contributed by atoms with Crippen LogP contribution in [-0.4, -0.2) is 66.2 Å². The number of allylic oxidation sites excluding steroid dienone is 3. The quantitative estimate of drug-likeness (QED) is 0.191. The van der Waals surface area contributed by atoms with Gasteiger partial charge >= 0.3 is 5.97 Å². The van der Waals surface area contributed by atoms with E-state index in [2.05, 4.69) is 32.2 Å². The fraction of sp³-hybridized carbons (Fsp3) is 0.714. The lowest BCUT2D eigenvalue weighted by atomic mass is 9.71. The number of rotatable bonds is 9. The largest absolute Gasteiger partial charge is 0.459 e. The van der Waals surface area contributed by atoms with E-state index < -0.39 is 23.9 Å². The highest BCUT2D eigenvalue weighted by atomic mass is 16.6. The second-order valence-electron chi connectivity index (χ2n) is 11.0. The molecule has 2 saturated heterocycles. The number of ether oxygens (including phenoxy) is 3. The lowest BCUT2D eigenvalue weighted by molar-refractivity contribution is -0.143. The molecular weight excluding hydrogens is 460 g/mol. The second-order valence-corrected chi connectivity index (χ2v) is 11.0. The third-order valence-electron chi connectivity index (χ3n) is 7.83. The van der Waals surface area contributed by atoms with Crippen LogP contribution in [0.1, 0.15) is 60.3 Å². The van der Waals surface area contributed by atoms with Crippen molar-refractivity contribution in [1.82, 2.24) is 5.32 Å². The summed E-state index contributed by atoms with van der Waals surface area (Å²) in [6.07, 6.45) is 11.2. The van der Waals surface area contributed by atoms with Gasteiger partial charge in [-0.15, -0.1) is 0 Å². The number of nitrogens with two attached hydrogens (primary N) is 1. The molecule has 1 amide bonds. The van der Waals surface area contributed by atoms with Crippen LogP contribution in [0.3, 0.4) is 0 Å². The van der Waals surface area contributed by atoms with Crippen LogP contribution in [0, 0.1) is 17.8 Å². The summed E-state index contributed by atoms with van der Waals surface area (Å²) >= 11 is 0. The minimum Gasteiger partial charge on any atom is -0.459 e. The minimum atomic E-state index is -0.671. The van der Waals surface area contributed by atoms with Gasteiger partial charge in [0.1, 0.15) is 23.9 Å². The van der Waals surface area contributed by atoms with E-state index >= 15 is 0 Å². The lowest BCUT2D eigenvalue weighted by Crippen LogP contribution is -2.51. The third kappa shape index (κ3) is 7.75. The number of carbonyl (C=O) groups excluding carboxylic acids is 2. The van der Waals surface area contributed by atoms with Crippen molar-refractivity contribution >= 4 is 11.9 Å². The van der Waals surface area contributed by atoms with Crippen molar-refractivity contribution in [2.24, 2.45) is 23.5 Å². The zero-order chi connectivity index (χ0) is 26.5. The highest BCUT2D eigenvalue weighted by molar-refractivity contribution is 5.87. The smallest absolute Gasteiger partial charge is 0.303 e. The molecule has 36 heavy (non-hydrogen) atoms. The highest BCUT2D eigenvalue weighted by Crippen LogP contribution is 2.42. The Balaban J connectivity index is 1.48. The molecule has 4 N–H and O–H groups in total. The summed E-state index contributed by atoms with van der Waals surface area (Å²) in [4.78, 5) is 23.4. The summed E-state index contributed by atoms with van der Waals surface area (Å²) in [7, 11) is 0. The Bertz CT molecular complexity index is 864. The number of epoxide rings is 1. The van der Waals surface area contributed by atoms with Crippen LogP contribution < -0.4 is 11.1 Å². The maximum atomic E-state index is 12.4. The van der Waals surface area contributed by atoms with Crippen molar-refractivity contribution in [2.75, 3.05) is 13.2 Å². The molecule has 0 aromatic rings. The lowest BCUT2D eigenvalue weighted by Gasteiger charge is -2.38. The van der Waals surface area contributed by atoms with E-state index in [0.717, 1.165) is 24.8 Å². The zero-order valence-electron chi connectivity index (χ0n) is 22.3. The summed E-state index contributed by atoms with van der Waals surface area (Å²) in [5.41, 5.74) is 6.46. The van der Waals surface area contributed by atoms with Crippen molar-refractivity contribution < 1.29 is 28.9 Å². The van der Waals surface area contributed by atoms with Gasteiger partial charge in [0, 0.05) is 32.0 Å². The molecule has 0 bridgehead atoms. The van der Waals surface area contributed by atoms with Gasteiger partial charge in [-0.2, -0.15) is 0 Å². The van der Waals surface area contributed by atoms with Crippen molar-refractivity contribution in [3.05, 3.63) is 36.0 Å². The number of aliphatic hydroxyl groups excluding tert-OH is 1. The van der Waals surface area contributed by atoms with Crippen LogP contribution in [0.25, 0.3) is 0 Å². The van der Waals surface area contributed by atoms with Gasteiger partial charge in [0.05, 0.1) is 12.7 Å². The molecule has 1 spiro atoms. The normalized spacial score (nSPS) is 37.9. The van der Waals surface area contributed by atoms with Crippen molar-refractivity contribution in [2.45, 2.75) is 96.4 Å². The summed E-state index contributed by atoms with van der Waals surface area (Å²) in [5, 5.41) is 13.8. The van der Waals surface area contributed by atoms with Gasteiger partial charge < -0.3 is 30.4 Å². The number of hydrogen-bond acceptors (Lipinski definition) is 7. The Morgan fingerprint density at radius 1 is 1.22 bits per heavy atom. The predicted octanol–water partition coefficient (Wildman–Crippen LogP) is 2.80. The van der Waals surface area contributed by atoms with Crippen LogP contribution >= 0.6 is 0 Å². The fourth-order valence-electron chi connectivity index (χ4n) is 5.46. The van der Waals surface area contributed by atoms with E-state index in [4.69, 9.17) is 19.9 Å². The van der Waals surface area contributed by atoms with Gasteiger partial charge in [-0.3, -0.25) is 9.59 Å². The van der Waals surface area contributed by atoms with Crippen LogP contribution in [0.2, 0.25) is 0 Å². The van der Waals surface area contributed by atoms with Crippen LogP contribution in [0.4, 0.5) is 0 Å². The number of carbonyl (C=O) groups is 2. The van der Waals surface area contributed by atoms with Gasteiger partial charge in [-0.05, 0) is 56.9 Å². The molecule has 1 aliphatic carbocycles. The average molecular weight is 505 g/mol. The molecule has 0 unspecified atom stereocenters. The van der Waals surface area contributed by atoms with E-state index in [0.29, 0.717) is 37.3 Å². The Morgan fingerprint density at radius 2 is 1.94 bits per heavy atom. The first kappa shape index (κ1) is 28.6. The van der Waals surface area contributed by atoms with Gasteiger partial charge in [-0.1, -0.05) is 37.6 Å². The van der Waals surface area contributed by atoms with Crippen molar-refractivity contribution in [3.8, 4) is 0 Å². The molecule has 0 radical (unpaired) electrons. The number of amides is 1. The maximum Gasteiger partial charge on any atom is 0.303 e. The molecule has 9 atom stereocenters. The van der Waals surface area contributed by atoms with E-state index in [1.807, 2.05) is 12.2 Å². The number of esters is 1. The summed E-state index contributed by atoms with van der Waals surface area (Å²) in [6, 6.07) is 0.125. The van der Waals surface area contributed by atoms with Crippen LogP contribution in [0.5, 0.6) is 0 Å². The number of hydrogen-bond donors (Lipinski definition) is 3. The molecule has 0 aromatic carbocycles. The molecule has 3 fully saturated rings. The van der Waals surface area contributed by atoms with E-state index in [-0.39, 0.29) is 24.0 Å². The van der Waals surface area contributed by atoms with E-state index in [9.17, 15) is 14.7 Å². The van der Waals surface area contributed by atoms with Crippen LogP contribution in [-0.2, 0) is 23.8 Å². The second kappa shape index (κ2) is 12.5. The number of nitrogens with one attached hydrogen (secondary N) is 1. The zero-order valence-corrected chi connectivity index (χ0v) is 22.3. The standard InChI is InChI=1S/C28H44N2O6/c1-17(7-10-25-27(33)28(16-34-28)14-23(15-29)36-25)6-9-22-12-19(3)24(13-18(22)2)30-26(32)11-8-20(4)35-21(5)31/h6-8,10-11,18-20,22-25,27,33H,9,12-16,29H2,1-5H3,(H,30,32)/b10-7+,11-8-,17-6+/t18-,19-,20-,22+,23-,24+,25+,27+,28+/m0/s1. The Morgan fingerprint density at radius 3 is 2.58 bits per heavy atom. The molecule has 3 rings (SSSR count). The molecule has 1 saturated carbocycles. The highest BCUT2D eigenvalue weighted by Gasteiger charge is 2.58. The first-order valence-corrected chi connectivity index (χ1v) is 13.2. The molecule has 202 valence electrons. The van der Waals surface area contributed by atoms with Crippen molar-refractivity contribution in [3.63, 3.8) is 0 Å². The maximum absolute atomic E-state index is 12.4. The van der Waals surface area contributed by atoms with Gasteiger partial charge in [0.15, 0.2) is 0 Å². The Kier molecular flexibility index (Phi) is 9.92. The molecule has 8 heteroatoms. The Labute approximate surface area is 215 Å². The van der Waals surface area contributed by atoms with Gasteiger partial charge in [0.25, 0.3) is 0 Å². The molecule has 2 heterocycles. The van der Waals surface area contributed by atoms with Gasteiger partial charge in [-0.25, -0.2) is 0 Å². The first-order valence-electron chi connectivity index (χ1n) is 13.2. The topological polar surface area (TPSA) is 123 Å². The van der Waals surface area contributed by atoms with Crippen molar-refractivity contribution in [1.29, 1.82) is 0 Å². The molecule has 3 aliphatic rings. The van der Waals surface area contributed by atoms with E-state index in [1.54, 1.807) is 13.0 Å². The van der Waals surface area contributed by atoms with Gasteiger partial charge in [0.2, 0.25) is 5.91 Å². The third-order valence-corrected chi connectivity index (χ3v) is 7.83. The first-order chi connectivity index (χ1) is 17.0. The molecular formula is C28H44N2O6. The molecule has 8 nitrogen and oxygen atoms in total. The Hall–Kier alpha value is -2.00. The summed E-state index contributed by atoms with van der Waals surface area (Å²) in [6.45, 7) is 10.6. The fourth-order valence-corrected chi connectivity index (χ4v) is 5.46. The number of aliphatic hydroxyl groups is 1. The SMILES string of the molecule is CC(=O)O[C@@H](C)/C=C\C(=O)N[C@@H]1C[C@H](C)[C@H](C/C=C(C)/C=C/[C@H]2O[C@H](CN)C[C@@]3(CO3)[C@@H]2O)C[C@@H]1C. The monoisotopic (exact) mass is 504 g/mol. The molecule has 2 aliphatic heterocycles. The predicted molar refractivity (Wildman–Crippen MR) is 138 cm³/mol.